The molecule has 0 fully saturated rings. The molecule has 0 aliphatic carbocycles. The van der Waals surface area contributed by atoms with Crippen molar-refractivity contribution in [1.82, 2.24) is 24.2 Å². The molecule has 6 rings (SSSR count). The second-order valence-corrected chi connectivity index (χ2v) is 13.9. The fourth-order valence-electron chi connectivity index (χ4n) is 5.04. The van der Waals surface area contributed by atoms with Gasteiger partial charge < -0.3 is 24.2 Å². The normalized spacial score (nSPS) is 14.6. The number of ether oxygens (including phenoxy) is 1. The molecule has 2 N–H and O–H groups in total. The largest absolute Gasteiger partial charge is 0.452 e. The molecule has 0 spiro atoms. The predicted octanol–water partition coefficient (Wildman–Crippen LogP) is 7.40. The van der Waals surface area contributed by atoms with Crippen LogP contribution in [0.3, 0.4) is 0 Å². The molecule has 1 aliphatic heterocycles. The van der Waals surface area contributed by atoms with E-state index in [2.05, 4.69) is 54.5 Å². The first-order valence-corrected chi connectivity index (χ1v) is 16.6. The second-order valence-electron chi connectivity index (χ2n) is 12.1. The van der Waals surface area contributed by atoms with E-state index < -0.39 is 11.2 Å². The Morgan fingerprint density at radius 2 is 1.70 bits per heavy atom. The van der Waals surface area contributed by atoms with Crippen molar-refractivity contribution in [2.45, 2.75) is 39.6 Å². The number of nitrogens with zero attached hydrogens (tertiary/aromatic N) is 4. The topological polar surface area (TPSA) is 84.3 Å². The number of fused-ring (bicyclic) bond motifs is 1. The number of hydrogen-bond donors (Lipinski definition) is 2. The smallest absolute Gasteiger partial charge is 0.225 e. The van der Waals surface area contributed by atoms with E-state index in [0.29, 0.717) is 30.4 Å². The molecule has 1 unspecified atom stereocenters. The van der Waals surface area contributed by atoms with Gasteiger partial charge in [-0.25, -0.2) is 14.4 Å². The highest BCUT2D eigenvalue weighted by Crippen LogP contribution is 2.35. The van der Waals surface area contributed by atoms with Crippen LogP contribution in [0.25, 0.3) is 11.0 Å². The van der Waals surface area contributed by atoms with Gasteiger partial charge in [0.1, 0.15) is 11.8 Å². The number of carbonyl (C=O) groups excluding carboxylic acids is 1. The van der Waals surface area contributed by atoms with E-state index >= 15 is 4.39 Å². The number of rotatable bonds is 11. The van der Waals surface area contributed by atoms with Gasteiger partial charge in [-0.05, 0) is 29.3 Å². The number of anilines is 2. The van der Waals surface area contributed by atoms with Gasteiger partial charge in [-0.2, -0.15) is 0 Å². The third kappa shape index (κ3) is 7.46. The zero-order valence-corrected chi connectivity index (χ0v) is 26.9. The Morgan fingerprint density at radius 3 is 2.41 bits per heavy atom. The maximum absolute atomic E-state index is 15.5. The van der Waals surface area contributed by atoms with Crippen LogP contribution < -0.4 is 15.4 Å². The Balaban J connectivity index is 1.17. The van der Waals surface area contributed by atoms with E-state index in [-0.39, 0.29) is 22.3 Å². The first-order chi connectivity index (χ1) is 22.2. The molecule has 46 heavy (non-hydrogen) atoms. The molecule has 8 nitrogen and oxygen atoms in total. The highest BCUT2D eigenvalue weighted by molar-refractivity contribution is 8.12. The van der Waals surface area contributed by atoms with E-state index in [4.69, 9.17) is 4.74 Å². The third-order valence-electron chi connectivity index (χ3n) is 7.46. The Labute approximate surface area is 271 Å². The van der Waals surface area contributed by atoms with Crippen molar-refractivity contribution in [3.8, 4) is 5.75 Å². The van der Waals surface area contributed by atoms with Crippen molar-refractivity contribution < 1.29 is 13.9 Å². The van der Waals surface area contributed by atoms with Crippen LogP contribution in [0.15, 0.2) is 109 Å². The second kappa shape index (κ2) is 13.6. The maximum Gasteiger partial charge on any atom is 0.225 e. The van der Waals surface area contributed by atoms with Crippen molar-refractivity contribution in [2.24, 2.45) is 5.41 Å². The molecule has 10 heteroatoms. The van der Waals surface area contributed by atoms with Gasteiger partial charge in [-0.1, -0.05) is 92.1 Å². The van der Waals surface area contributed by atoms with E-state index in [0.717, 1.165) is 23.3 Å². The van der Waals surface area contributed by atoms with Gasteiger partial charge in [0.25, 0.3) is 0 Å². The first kappa shape index (κ1) is 31.0. The number of carbonyl (C=O) groups is 1. The number of nitrogens with one attached hydrogen (secondary N) is 2. The van der Waals surface area contributed by atoms with Crippen LogP contribution >= 0.6 is 10.7 Å². The predicted molar refractivity (Wildman–Crippen MR) is 184 cm³/mol. The Morgan fingerprint density at radius 1 is 0.957 bits per heavy atom. The molecule has 5 aromatic rings. The van der Waals surface area contributed by atoms with E-state index in [1.807, 2.05) is 80.2 Å². The maximum atomic E-state index is 15.5. The van der Waals surface area contributed by atoms with Crippen LogP contribution in [-0.2, 0) is 23.6 Å². The summed E-state index contributed by atoms with van der Waals surface area (Å²) in [6.07, 6.45) is 5.35. The standard InChI is InChI=1S/C36H37FN6O2S/c1-36(2,3)35(44)38-17-19-42-18-16-31-33(42)34(40-25-39-31)41-28-14-15-32(30(37)20-28)45-29-22-43(21-26-10-6-4-7-11-26)46(24-29)23-27-12-8-5-9-13-27/h4-16,18,20,22,24-25H,17,19,21,23H2,1-3H3,(H,38,44)(H,39,40,41). The minimum absolute atomic E-state index is 0.0154. The molecule has 3 heterocycles. The monoisotopic (exact) mass is 636 g/mol. The highest BCUT2D eigenvalue weighted by Gasteiger charge is 2.21. The van der Waals surface area contributed by atoms with Crippen molar-refractivity contribution in [3.05, 3.63) is 126 Å². The lowest BCUT2D eigenvalue weighted by Crippen LogP contribution is -2.36. The van der Waals surface area contributed by atoms with E-state index in [1.54, 1.807) is 12.1 Å². The SMILES string of the molecule is CC(C)(C)C(=O)NCCn1ccc2ncnc(Nc3ccc(OC4=CN(Cc5ccccc5)S(Cc5ccccc5)=C4)c(F)c3)c21. The summed E-state index contributed by atoms with van der Waals surface area (Å²) in [4.78, 5) is 21.1. The molecule has 0 saturated carbocycles. The summed E-state index contributed by atoms with van der Waals surface area (Å²) in [7, 11) is -0.263. The molecular formula is C36H37FN6O2S. The highest BCUT2D eigenvalue weighted by atomic mass is 32.2. The Bertz CT molecular complexity index is 1900. The van der Waals surface area contributed by atoms with Gasteiger partial charge in [0.05, 0.1) is 18.3 Å². The van der Waals surface area contributed by atoms with Gasteiger partial charge in [0.2, 0.25) is 5.91 Å². The lowest BCUT2D eigenvalue weighted by Gasteiger charge is -2.21. The van der Waals surface area contributed by atoms with Crippen LogP contribution in [-0.4, -0.2) is 36.7 Å². The van der Waals surface area contributed by atoms with Crippen LogP contribution in [0.4, 0.5) is 15.9 Å². The molecule has 1 aliphatic rings. The number of allylic oxidation sites excluding steroid dienone is 1. The molecule has 0 saturated heterocycles. The zero-order valence-electron chi connectivity index (χ0n) is 26.1. The summed E-state index contributed by atoms with van der Waals surface area (Å²) in [5, 5.41) is 8.30. The van der Waals surface area contributed by atoms with Crippen LogP contribution in [0.1, 0.15) is 31.9 Å². The number of benzene rings is 3. The first-order valence-electron chi connectivity index (χ1n) is 15.2. The molecule has 0 bridgehead atoms. The molecule has 3 aromatic carbocycles. The number of amides is 1. The third-order valence-corrected chi connectivity index (χ3v) is 9.43. The van der Waals surface area contributed by atoms with Crippen molar-refractivity contribution in [2.75, 3.05) is 11.9 Å². The van der Waals surface area contributed by atoms with E-state index in [1.165, 1.54) is 23.5 Å². The number of hydrogen-bond acceptors (Lipinski definition) is 6. The molecular weight excluding hydrogens is 600 g/mol. The summed E-state index contributed by atoms with van der Waals surface area (Å²) < 4.78 is 25.8. The molecule has 1 amide bonds. The lowest BCUT2D eigenvalue weighted by molar-refractivity contribution is -0.128. The minimum Gasteiger partial charge on any atom is -0.452 e. The van der Waals surface area contributed by atoms with Crippen LogP contribution in [0.5, 0.6) is 5.75 Å². The summed E-state index contributed by atoms with van der Waals surface area (Å²) in [6.45, 7) is 7.36. The lowest BCUT2D eigenvalue weighted by atomic mass is 9.96. The van der Waals surface area contributed by atoms with Gasteiger partial charge in [-0.3, -0.25) is 4.79 Å². The van der Waals surface area contributed by atoms with Crippen molar-refractivity contribution in [1.29, 1.82) is 0 Å². The van der Waals surface area contributed by atoms with Crippen LogP contribution in [0.2, 0.25) is 0 Å². The quantitative estimate of drug-likeness (QED) is 0.147. The average molecular weight is 637 g/mol. The van der Waals surface area contributed by atoms with Crippen LogP contribution in [0, 0.1) is 11.2 Å². The Kier molecular flexibility index (Phi) is 9.16. The van der Waals surface area contributed by atoms with Gasteiger partial charge in [0.15, 0.2) is 23.1 Å². The fourth-order valence-corrected chi connectivity index (χ4v) is 6.89. The molecule has 2 aromatic heterocycles. The van der Waals surface area contributed by atoms with Gasteiger partial charge in [0, 0.05) is 47.6 Å². The van der Waals surface area contributed by atoms with Crippen molar-refractivity contribution >= 4 is 44.5 Å². The summed E-state index contributed by atoms with van der Waals surface area (Å²) in [5.41, 5.74) is 4.00. The Hall–Kier alpha value is -4.96. The van der Waals surface area contributed by atoms with Gasteiger partial charge >= 0.3 is 0 Å². The van der Waals surface area contributed by atoms with E-state index in [9.17, 15) is 4.79 Å². The minimum atomic E-state index is -0.491. The summed E-state index contributed by atoms with van der Waals surface area (Å²) >= 11 is 0. The number of aromatic nitrogens is 3. The summed E-state index contributed by atoms with van der Waals surface area (Å²) in [6, 6.07) is 27.3. The molecule has 236 valence electrons. The summed E-state index contributed by atoms with van der Waals surface area (Å²) in [5.74, 6) is 1.62. The van der Waals surface area contributed by atoms with Gasteiger partial charge in [-0.15, -0.1) is 0 Å². The average Bonchev–Trinajstić information content (AvgIpc) is 3.63. The zero-order chi connectivity index (χ0) is 32.1. The number of halogens is 1. The van der Waals surface area contributed by atoms with Crippen molar-refractivity contribution in [3.63, 3.8) is 0 Å². The molecule has 1 atom stereocenters. The fraction of sp³-hybridized carbons (Fsp3) is 0.222. The molecule has 0 radical (unpaired) electrons.